The van der Waals surface area contributed by atoms with Gasteiger partial charge >= 0.3 is 0 Å². The summed E-state index contributed by atoms with van der Waals surface area (Å²) in [4.78, 5) is 2.48. The fourth-order valence-corrected chi connectivity index (χ4v) is 7.28. The number of nitrogens with zero attached hydrogens (tertiary/aromatic N) is 1. The second kappa shape index (κ2) is 7.43. The first kappa shape index (κ1) is 18.2. The monoisotopic (exact) mass is 371 g/mol. The Kier molecular flexibility index (Phi) is 5.40. The van der Waals surface area contributed by atoms with Crippen LogP contribution in [0.15, 0.2) is 0 Å². The maximum absolute atomic E-state index is 12.6. The van der Waals surface area contributed by atoms with Crippen LogP contribution in [0.3, 0.4) is 0 Å². The molecule has 1 aliphatic carbocycles. The molecule has 7 heteroatoms. The summed E-state index contributed by atoms with van der Waals surface area (Å²) in [6.07, 6.45) is 8.07. The van der Waals surface area contributed by atoms with Gasteiger partial charge in [-0.1, -0.05) is 12.8 Å². The summed E-state index contributed by atoms with van der Waals surface area (Å²) in [5, 5.41) is 3.25. The van der Waals surface area contributed by atoms with Crippen LogP contribution >= 0.6 is 0 Å². The highest BCUT2D eigenvalue weighted by molar-refractivity contribution is 7.92. The van der Waals surface area contributed by atoms with E-state index in [4.69, 9.17) is 10.5 Å². The molecule has 3 unspecified atom stereocenters. The van der Waals surface area contributed by atoms with Crippen molar-refractivity contribution in [3.05, 3.63) is 0 Å². The molecular formula is C18H33N3O3S. The Morgan fingerprint density at radius 2 is 1.68 bits per heavy atom. The molecule has 0 spiro atoms. The third-order valence-corrected chi connectivity index (χ3v) is 9.66. The second-order valence-corrected chi connectivity index (χ2v) is 11.0. The minimum Gasteiger partial charge on any atom is -0.379 e. The molecule has 1 saturated carbocycles. The molecule has 6 nitrogen and oxygen atoms in total. The summed E-state index contributed by atoms with van der Waals surface area (Å²) in [6, 6.07) is 1.16. The van der Waals surface area contributed by atoms with Crippen molar-refractivity contribution in [3.63, 3.8) is 0 Å². The number of rotatable bonds is 4. The van der Waals surface area contributed by atoms with Crippen molar-refractivity contribution in [1.82, 2.24) is 10.2 Å². The molecule has 3 aliphatic heterocycles. The van der Waals surface area contributed by atoms with Gasteiger partial charge in [0.1, 0.15) is 5.25 Å². The molecule has 3 atom stereocenters. The van der Waals surface area contributed by atoms with Gasteiger partial charge in [0.2, 0.25) is 0 Å². The van der Waals surface area contributed by atoms with Gasteiger partial charge in [-0.15, -0.1) is 0 Å². The highest BCUT2D eigenvalue weighted by atomic mass is 32.2. The summed E-state index contributed by atoms with van der Waals surface area (Å²) in [5.41, 5.74) is 6.43. The maximum atomic E-state index is 12.6. The molecule has 0 aromatic rings. The zero-order valence-electron chi connectivity index (χ0n) is 15.1. The van der Waals surface area contributed by atoms with Crippen LogP contribution < -0.4 is 11.1 Å². The Bertz CT molecular complexity index is 552. The summed E-state index contributed by atoms with van der Waals surface area (Å²) < 4.78 is 30.3. The molecule has 144 valence electrons. The van der Waals surface area contributed by atoms with E-state index in [2.05, 4.69) is 10.2 Å². The molecular weight excluding hydrogens is 338 g/mol. The van der Waals surface area contributed by atoms with Gasteiger partial charge in [0.05, 0.1) is 18.5 Å². The maximum Gasteiger partial charge on any atom is 0.160 e. The van der Waals surface area contributed by atoms with E-state index in [1.807, 2.05) is 0 Å². The number of piperidine rings is 2. The normalized spacial score (nSPS) is 37.2. The van der Waals surface area contributed by atoms with Crippen molar-refractivity contribution in [1.29, 1.82) is 0 Å². The molecule has 0 bridgehead atoms. The predicted molar refractivity (Wildman–Crippen MR) is 98.3 cm³/mol. The van der Waals surface area contributed by atoms with E-state index in [9.17, 15) is 8.42 Å². The van der Waals surface area contributed by atoms with E-state index in [1.165, 1.54) is 25.7 Å². The third kappa shape index (κ3) is 3.63. The number of nitrogens with two attached hydrogens (primary N) is 1. The topological polar surface area (TPSA) is 84.7 Å². The molecule has 3 N–H and O–H groups in total. The van der Waals surface area contributed by atoms with Crippen molar-refractivity contribution < 1.29 is 13.2 Å². The first-order valence-electron chi connectivity index (χ1n) is 10.1. The molecule has 0 amide bonds. The third-order valence-electron chi connectivity index (χ3n) is 7.06. The van der Waals surface area contributed by atoms with Crippen molar-refractivity contribution in [2.45, 2.75) is 73.6 Å². The first-order valence-corrected chi connectivity index (χ1v) is 11.7. The zero-order valence-corrected chi connectivity index (χ0v) is 15.9. The van der Waals surface area contributed by atoms with E-state index in [0.717, 1.165) is 44.8 Å². The highest BCUT2D eigenvalue weighted by Crippen LogP contribution is 2.33. The number of sulfone groups is 1. The smallest absolute Gasteiger partial charge is 0.160 e. The van der Waals surface area contributed by atoms with Gasteiger partial charge in [0.25, 0.3) is 0 Å². The average Bonchev–Trinajstić information content (AvgIpc) is 3.08. The number of nitrogens with one attached hydrogen (secondary N) is 1. The molecule has 3 heterocycles. The minimum atomic E-state index is -3.01. The standard InChI is InChI=1S/C18H33N3O3S/c19-16-10-20-17(13-3-1-2-4-13)9-18(16)21-7-5-14(6-8-21)25(22,23)15-11-24-12-15/h13-18,20H,1-12,19H2. The van der Waals surface area contributed by atoms with E-state index < -0.39 is 9.84 Å². The molecule has 25 heavy (non-hydrogen) atoms. The quantitative estimate of drug-likeness (QED) is 0.749. The Balaban J connectivity index is 1.34. The second-order valence-electron chi connectivity index (χ2n) is 8.51. The predicted octanol–water partition coefficient (Wildman–Crippen LogP) is 0.512. The van der Waals surface area contributed by atoms with E-state index in [-0.39, 0.29) is 16.5 Å². The highest BCUT2D eigenvalue weighted by Gasteiger charge is 2.42. The van der Waals surface area contributed by atoms with Gasteiger partial charge in [-0.25, -0.2) is 8.42 Å². The zero-order chi connectivity index (χ0) is 17.4. The van der Waals surface area contributed by atoms with Crippen molar-refractivity contribution >= 4 is 9.84 Å². The minimum absolute atomic E-state index is 0.158. The summed E-state index contributed by atoms with van der Waals surface area (Å²) >= 11 is 0. The van der Waals surface area contributed by atoms with Crippen LogP contribution in [0.5, 0.6) is 0 Å². The van der Waals surface area contributed by atoms with Gasteiger partial charge in [-0.3, -0.25) is 4.90 Å². The molecule has 4 rings (SSSR count). The van der Waals surface area contributed by atoms with Crippen LogP contribution in [0.1, 0.15) is 44.9 Å². The fraction of sp³-hybridized carbons (Fsp3) is 1.00. The fourth-order valence-electron chi connectivity index (χ4n) is 5.29. The van der Waals surface area contributed by atoms with Crippen LogP contribution in [-0.2, 0) is 14.6 Å². The summed E-state index contributed by atoms with van der Waals surface area (Å²) in [6.45, 7) is 3.42. The molecule has 4 aliphatic rings. The molecule has 4 fully saturated rings. The van der Waals surface area contributed by atoms with Gasteiger partial charge in [0.15, 0.2) is 9.84 Å². The Morgan fingerprint density at radius 3 is 2.28 bits per heavy atom. The Labute approximate surface area is 151 Å². The van der Waals surface area contributed by atoms with Crippen LogP contribution in [0, 0.1) is 5.92 Å². The lowest BCUT2D eigenvalue weighted by Crippen LogP contribution is -2.62. The van der Waals surface area contributed by atoms with Gasteiger partial charge in [-0.05, 0) is 51.1 Å². The Morgan fingerprint density at radius 1 is 1.00 bits per heavy atom. The van der Waals surface area contributed by atoms with Gasteiger partial charge in [-0.2, -0.15) is 0 Å². The van der Waals surface area contributed by atoms with Crippen molar-refractivity contribution in [2.75, 3.05) is 32.8 Å². The summed E-state index contributed by atoms with van der Waals surface area (Å²) in [7, 11) is -3.01. The van der Waals surface area contributed by atoms with Gasteiger partial charge in [0, 0.05) is 24.7 Å². The Hall–Kier alpha value is -0.210. The number of hydrogen-bond acceptors (Lipinski definition) is 6. The molecule has 3 saturated heterocycles. The van der Waals surface area contributed by atoms with Crippen molar-refractivity contribution in [2.24, 2.45) is 11.7 Å². The number of ether oxygens (including phenoxy) is 1. The first-order chi connectivity index (χ1) is 12.1. The number of likely N-dealkylation sites (tertiary alicyclic amines) is 1. The number of hydrogen-bond donors (Lipinski definition) is 2. The van der Waals surface area contributed by atoms with Crippen LogP contribution in [0.4, 0.5) is 0 Å². The lowest BCUT2D eigenvalue weighted by Gasteiger charge is -2.46. The largest absolute Gasteiger partial charge is 0.379 e. The lowest BCUT2D eigenvalue weighted by molar-refractivity contribution is 0.0403. The molecule has 0 radical (unpaired) electrons. The molecule has 0 aromatic heterocycles. The van der Waals surface area contributed by atoms with Crippen LogP contribution in [0.2, 0.25) is 0 Å². The SMILES string of the molecule is NC1CNC(C2CCCC2)CC1N1CCC(S(=O)(=O)C2COC2)CC1. The van der Waals surface area contributed by atoms with Crippen molar-refractivity contribution in [3.8, 4) is 0 Å². The molecule has 0 aromatic carbocycles. The summed E-state index contributed by atoms with van der Waals surface area (Å²) in [5.74, 6) is 0.812. The van der Waals surface area contributed by atoms with E-state index in [0.29, 0.717) is 25.3 Å². The van der Waals surface area contributed by atoms with E-state index >= 15 is 0 Å². The van der Waals surface area contributed by atoms with Crippen LogP contribution in [-0.4, -0.2) is 74.8 Å². The average molecular weight is 372 g/mol. The van der Waals surface area contributed by atoms with Gasteiger partial charge < -0.3 is 15.8 Å². The van der Waals surface area contributed by atoms with Crippen LogP contribution in [0.25, 0.3) is 0 Å². The lowest BCUT2D eigenvalue weighted by atomic mass is 9.85. The van der Waals surface area contributed by atoms with E-state index in [1.54, 1.807) is 0 Å².